The molecule has 2 aliphatic rings. The molecule has 2 amide bonds. The number of hydrogen-bond acceptors (Lipinski definition) is 5. The zero-order valence-corrected chi connectivity index (χ0v) is 21.8. The van der Waals surface area contributed by atoms with Gasteiger partial charge in [0, 0.05) is 12.5 Å². The maximum Gasteiger partial charge on any atom is 0.407 e. The Balaban J connectivity index is 1.29. The van der Waals surface area contributed by atoms with E-state index in [4.69, 9.17) is 9.47 Å². The van der Waals surface area contributed by atoms with Crippen LogP contribution in [0.3, 0.4) is 0 Å². The van der Waals surface area contributed by atoms with Crippen LogP contribution in [0.15, 0.2) is 78.9 Å². The third kappa shape index (κ3) is 5.66. The highest BCUT2D eigenvalue weighted by Crippen LogP contribution is 2.44. The molecule has 1 heterocycles. The summed E-state index contributed by atoms with van der Waals surface area (Å²) in [4.78, 5) is 39.7. The van der Waals surface area contributed by atoms with Crippen molar-refractivity contribution < 1.29 is 29.0 Å². The molecule has 0 bridgehead atoms. The molecule has 202 valence electrons. The molecule has 1 fully saturated rings. The lowest BCUT2D eigenvalue weighted by Crippen LogP contribution is -2.56. The maximum absolute atomic E-state index is 13.5. The standard InChI is InChI=1S/C31H32N2O6/c1-20(38-18-21-10-3-2-4-11-21)28(29(34)33-17-9-16-27(33)30(35)36)32-31(37)39-19-26-24-14-7-5-12-22(24)23-13-6-8-15-25(23)26/h2-8,10-15,20,26-28H,9,16-19H2,1H3,(H,32,37)(H,35,36)/t20-,27+,28+/m0/s1. The number of nitrogens with one attached hydrogen (secondary N) is 1. The van der Waals surface area contributed by atoms with E-state index in [1.54, 1.807) is 6.92 Å². The summed E-state index contributed by atoms with van der Waals surface area (Å²) < 4.78 is 11.7. The minimum Gasteiger partial charge on any atom is -0.480 e. The topological polar surface area (TPSA) is 105 Å². The Morgan fingerprint density at radius 2 is 1.56 bits per heavy atom. The van der Waals surface area contributed by atoms with E-state index in [1.165, 1.54) is 4.90 Å². The van der Waals surface area contributed by atoms with Gasteiger partial charge in [0.15, 0.2) is 0 Å². The molecule has 0 saturated carbocycles. The summed E-state index contributed by atoms with van der Waals surface area (Å²) in [5.41, 5.74) is 5.32. The number of carboxylic acids is 1. The Bertz CT molecular complexity index is 1300. The first-order chi connectivity index (χ1) is 18.9. The number of carbonyl (C=O) groups is 3. The fourth-order valence-corrected chi connectivity index (χ4v) is 5.51. The van der Waals surface area contributed by atoms with E-state index in [0.29, 0.717) is 19.4 Å². The molecular formula is C31H32N2O6. The van der Waals surface area contributed by atoms with Crippen LogP contribution in [0.1, 0.15) is 42.4 Å². The highest BCUT2D eigenvalue weighted by atomic mass is 16.5. The number of rotatable bonds is 9. The fourth-order valence-electron chi connectivity index (χ4n) is 5.51. The Morgan fingerprint density at radius 3 is 2.21 bits per heavy atom. The first kappa shape index (κ1) is 26.4. The second-order valence-corrected chi connectivity index (χ2v) is 9.98. The molecule has 3 aromatic rings. The van der Waals surface area contributed by atoms with Crippen molar-refractivity contribution >= 4 is 18.0 Å². The summed E-state index contributed by atoms with van der Waals surface area (Å²) in [7, 11) is 0. The van der Waals surface area contributed by atoms with Crippen LogP contribution in [-0.4, -0.2) is 59.3 Å². The lowest BCUT2D eigenvalue weighted by molar-refractivity contribution is -0.150. The molecule has 0 radical (unpaired) electrons. The van der Waals surface area contributed by atoms with E-state index in [2.05, 4.69) is 17.4 Å². The van der Waals surface area contributed by atoms with Crippen LogP contribution >= 0.6 is 0 Å². The van der Waals surface area contributed by atoms with Gasteiger partial charge < -0.3 is 24.8 Å². The van der Waals surface area contributed by atoms with Crippen LogP contribution in [0, 0.1) is 0 Å². The molecule has 1 aliphatic carbocycles. The number of aliphatic carboxylic acids is 1. The van der Waals surface area contributed by atoms with Crippen LogP contribution in [0.4, 0.5) is 4.79 Å². The lowest BCUT2D eigenvalue weighted by atomic mass is 9.98. The van der Waals surface area contributed by atoms with Crippen LogP contribution < -0.4 is 5.32 Å². The number of nitrogens with zero attached hydrogens (tertiary/aromatic N) is 1. The average molecular weight is 529 g/mol. The van der Waals surface area contributed by atoms with Crippen LogP contribution in [0.2, 0.25) is 0 Å². The molecule has 3 aromatic carbocycles. The second kappa shape index (κ2) is 11.7. The molecule has 1 saturated heterocycles. The normalized spacial score (nSPS) is 17.7. The zero-order chi connectivity index (χ0) is 27.4. The maximum atomic E-state index is 13.5. The summed E-state index contributed by atoms with van der Waals surface area (Å²) in [6.07, 6.45) is -0.526. The van der Waals surface area contributed by atoms with E-state index in [1.807, 2.05) is 66.7 Å². The van der Waals surface area contributed by atoms with Gasteiger partial charge in [0.1, 0.15) is 18.7 Å². The van der Waals surface area contributed by atoms with Gasteiger partial charge in [-0.3, -0.25) is 4.79 Å². The molecule has 3 atom stereocenters. The van der Waals surface area contributed by atoms with Crippen molar-refractivity contribution in [3.8, 4) is 11.1 Å². The molecule has 0 aromatic heterocycles. The monoisotopic (exact) mass is 528 g/mol. The van der Waals surface area contributed by atoms with Gasteiger partial charge in [-0.1, -0.05) is 78.9 Å². The first-order valence-electron chi connectivity index (χ1n) is 13.2. The molecule has 1 aliphatic heterocycles. The molecule has 0 spiro atoms. The van der Waals surface area contributed by atoms with Gasteiger partial charge in [-0.05, 0) is 47.6 Å². The van der Waals surface area contributed by atoms with Crippen molar-refractivity contribution in [1.82, 2.24) is 10.2 Å². The molecule has 0 unspecified atom stereocenters. The molecule has 5 rings (SSSR count). The van der Waals surface area contributed by atoms with E-state index in [-0.39, 0.29) is 19.1 Å². The Kier molecular flexibility index (Phi) is 7.93. The van der Waals surface area contributed by atoms with Gasteiger partial charge >= 0.3 is 12.1 Å². The molecule has 2 N–H and O–H groups in total. The Morgan fingerprint density at radius 1 is 0.949 bits per heavy atom. The van der Waals surface area contributed by atoms with Gasteiger partial charge in [0.05, 0.1) is 12.7 Å². The highest BCUT2D eigenvalue weighted by molar-refractivity contribution is 5.90. The Hall–Kier alpha value is -4.17. The number of benzene rings is 3. The summed E-state index contributed by atoms with van der Waals surface area (Å²) >= 11 is 0. The van der Waals surface area contributed by atoms with Crippen molar-refractivity contribution in [1.29, 1.82) is 0 Å². The van der Waals surface area contributed by atoms with Crippen molar-refractivity contribution in [2.24, 2.45) is 0 Å². The summed E-state index contributed by atoms with van der Waals surface area (Å²) in [5.74, 6) is -1.67. The van der Waals surface area contributed by atoms with E-state index in [9.17, 15) is 19.5 Å². The van der Waals surface area contributed by atoms with E-state index >= 15 is 0 Å². The number of carbonyl (C=O) groups excluding carboxylic acids is 2. The van der Waals surface area contributed by atoms with E-state index in [0.717, 1.165) is 27.8 Å². The smallest absolute Gasteiger partial charge is 0.407 e. The number of amides is 2. The highest BCUT2D eigenvalue weighted by Gasteiger charge is 2.40. The average Bonchev–Trinajstić information content (AvgIpc) is 3.57. The number of carboxylic acid groups (broad SMARTS) is 1. The lowest BCUT2D eigenvalue weighted by Gasteiger charge is -2.30. The third-order valence-electron chi connectivity index (χ3n) is 7.53. The quantitative estimate of drug-likeness (QED) is 0.422. The van der Waals surface area contributed by atoms with Gasteiger partial charge in [-0.25, -0.2) is 9.59 Å². The SMILES string of the molecule is C[C@H](OCc1ccccc1)[C@@H](NC(=O)OCC1c2ccccc2-c2ccccc21)C(=O)N1CCC[C@@H]1C(=O)O. The molecular weight excluding hydrogens is 496 g/mol. The van der Waals surface area contributed by atoms with Crippen molar-refractivity contribution in [2.75, 3.05) is 13.2 Å². The number of hydrogen-bond donors (Lipinski definition) is 2. The predicted octanol–water partition coefficient (Wildman–Crippen LogP) is 4.57. The minimum absolute atomic E-state index is 0.0987. The number of alkyl carbamates (subject to hydrolysis) is 1. The van der Waals surface area contributed by atoms with Crippen molar-refractivity contribution in [3.63, 3.8) is 0 Å². The zero-order valence-electron chi connectivity index (χ0n) is 21.8. The van der Waals surface area contributed by atoms with Crippen LogP contribution in [0.5, 0.6) is 0 Å². The minimum atomic E-state index is -1.11. The fraction of sp³-hybridized carbons (Fsp3) is 0.323. The molecule has 8 nitrogen and oxygen atoms in total. The summed E-state index contributed by atoms with van der Waals surface area (Å²) in [6.45, 7) is 2.34. The number of likely N-dealkylation sites (tertiary alicyclic amines) is 1. The first-order valence-corrected chi connectivity index (χ1v) is 13.2. The van der Waals surface area contributed by atoms with Gasteiger partial charge in [0.2, 0.25) is 5.91 Å². The number of ether oxygens (including phenoxy) is 2. The number of fused-ring (bicyclic) bond motifs is 3. The van der Waals surface area contributed by atoms with E-state index < -0.39 is 36.2 Å². The van der Waals surface area contributed by atoms with Gasteiger partial charge in [-0.15, -0.1) is 0 Å². The van der Waals surface area contributed by atoms with Gasteiger partial charge in [-0.2, -0.15) is 0 Å². The largest absolute Gasteiger partial charge is 0.480 e. The van der Waals surface area contributed by atoms with Crippen LogP contribution in [0.25, 0.3) is 11.1 Å². The summed E-state index contributed by atoms with van der Waals surface area (Å²) in [6, 6.07) is 23.6. The van der Waals surface area contributed by atoms with Crippen molar-refractivity contribution in [2.45, 2.75) is 50.5 Å². The van der Waals surface area contributed by atoms with Crippen molar-refractivity contribution in [3.05, 3.63) is 95.6 Å². The molecule has 8 heteroatoms. The summed E-state index contributed by atoms with van der Waals surface area (Å²) in [5, 5.41) is 12.3. The Labute approximate surface area is 227 Å². The second-order valence-electron chi connectivity index (χ2n) is 9.98. The predicted molar refractivity (Wildman–Crippen MR) is 145 cm³/mol. The molecule has 39 heavy (non-hydrogen) atoms. The van der Waals surface area contributed by atoms with Crippen LogP contribution in [-0.2, 0) is 25.7 Å². The third-order valence-corrected chi connectivity index (χ3v) is 7.53. The van der Waals surface area contributed by atoms with Gasteiger partial charge in [0.25, 0.3) is 0 Å².